The molecule has 0 aliphatic heterocycles. The van der Waals surface area contributed by atoms with Gasteiger partial charge in [-0.1, -0.05) is 0 Å². The van der Waals surface area contributed by atoms with Crippen molar-refractivity contribution < 1.29 is 5.11 Å². The Bertz CT molecular complexity index is 479. The van der Waals surface area contributed by atoms with Crippen LogP contribution in [0.5, 0.6) is 0 Å². The Morgan fingerprint density at radius 2 is 2.20 bits per heavy atom. The Morgan fingerprint density at radius 3 is 2.80 bits per heavy atom. The van der Waals surface area contributed by atoms with Gasteiger partial charge in [-0.25, -0.2) is 4.98 Å². The maximum Gasteiger partial charge on any atom is 0.124 e. The lowest BCUT2D eigenvalue weighted by Crippen LogP contribution is -1.86. The highest BCUT2D eigenvalue weighted by atomic mass is 32.1. The quantitative estimate of drug-likeness (QED) is 0.844. The van der Waals surface area contributed by atoms with Crippen molar-refractivity contribution in [1.82, 2.24) is 9.97 Å². The number of aromatic nitrogens is 2. The van der Waals surface area contributed by atoms with E-state index >= 15 is 0 Å². The molecule has 0 radical (unpaired) electrons. The Labute approximate surface area is 92.5 Å². The molecule has 0 unspecified atom stereocenters. The number of aryl methyl sites for hydroxylation is 2. The molecule has 0 fully saturated rings. The first-order chi connectivity index (χ1) is 7.20. The minimum Gasteiger partial charge on any atom is -0.390 e. The topological polar surface area (TPSA) is 46.0 Å². The van der Waals surface area contributed by atoms with Crippen molar-refractivity contribution in [2.24, 2.45) is 0 Å². The van der Waals surface area contributed by atoms with E-state index in [0.29, 0.717) is 0 Å². The first-order valence-corrected chi connectivity index (χ1v) is 5.52. The molecule has 0 saturated carbocycles. The van der Waals surface area contributed by atoms with Gasteiger partial charge in [-0.3, -0.25) is 4.98 Å². The third-order valence-corrected chi connectivity index (χ3v) is 3.25. The fourth-order valence-electron chi connectivity index (χ4n) is 1.38. The van der Waals surface area contributed by atoms with Gasteiger partial charge in [-0.15, -0.1) is 11.3 Å². The minimum absolute atomic E-state index is 0.00635. The lowest BCUT2D eigenvalue weighted by Gasteiger charge is -1.96. The van der Waals surface area contributed by atoms with Gasteiger partial charge in [0.1, 0.15) is 5.01 Å². The molecule has 0 saturated heterocycles. The highest BCUT2D eigenvalue weighted by Crippen LogP contribution is 2.27. The zero-order chi connectivity index (χ0) is 10.8. The van der Waals surface area contributed by atoms with Gasteiger partial charge < -0.3 is 5.11 Å². The van der Waals surface area contributed by atoms with Gasteiger partial charge in [0.05, 0.1) is 12.3 Å². The van der Waals surface area contributed by atoms with Crippen LogP contribution < -0.4 is 0 Å². The maximum absolute atomic E-state index is 9.07. The van der Waals surface area contributed by atoms with Crippen molar-refractivity contribution in [3.63, 3.8) is 0 Å². The van der Waals surface area contributed by atoms with E-state index in [0.717, 1.165) is 26.8 Å². The molecule has 3 nitrogen and oxygen atoms in total. The SMILES string of the molecule is Cc1cc(-c2nc(CO)c(C)s2)ccn1. The van der Waals surface area contributed by atoms with E-state index in [9.17, 15) is 0 Å². The molecule has 2 heterocycles. The molecule has 4 heteroatoms. The third kappa shape index (κ3) is 2.06. The van der Waals surface area contributed by atoms with Gasteiger partial charge in [-0.2, -0.15) is 0 Å². The average Bonchev–Trinajstić information content (AvgIpc) is 2.60. The summed E-state index contributed by atoms with van der Waals surface area (Å²) in [7, 11) is 0. The first-order valence-electron chi connectivity index (χ1n) is 4.71. The molecular weight excluding hydrogens is 208 g/mol. The zero-order valence-electron chi connectivity index (χ0n) is 8.69. The number of pyridine rings is 1. The summed E-state index contributed by atoms with van der Waals surface area (Å²) in [5.74, 6) is 0. The molecular formula is C11H12N2OS. The number of hydrogen-bond acceptors (Lipinski definition) is 4. The molecule has 78 valence electrons. The molecule has 0 aliphatic carbocycles. The van der Waals surface area contributed by atoms with E-state index in [1.54, 1.807) is 17.5 Å². The summed E-state index contributed by atoms with van der Waals surface area (Å²) in [6.07, 6.45) is 1.78. The van der Waals surface area contributed by atoms with Gasteiger partial charge >= 0.3 is 0 Å². The molecule has 0 aliphatic rings. The second kappa shape index (κ2) is 4.08. The fraction of sp³-hybridized carbons (Fsp3) is 0.273. The van der Waals surface area contributed by atoms with Gasteiger partial charge in [0.2, 0.25) is 0 Å². The summed E-state index contributed by atoms with van der Waals surface area (Å²) in [6.45, 7) is 3.93. The van der Waals surface area contributed by atoms with Crippen LogP contribution in [0.2, 0.25) is 0 Å². The summed E-state index contributed by atoms with van der Waals surface area (Å²) < 4.78 is 0. The summed E-state index contributed by atoms with van der Waals surface area (Å²) in [5, 5.41) is 10.0. The van der Waals surface area contributed by atoms with Gasteiger partial charge in [0.15, 0.2) is 0 Å². The molecule has 15 heavy (non-hydrogen) atoms. The Balaban J connectivity index is 2.45. The molecule has 2 aromatic rings. The molecule has 0 aromatic carbocycles. The van der Waals surface area contributed by atoms with E-state index in [-0.39, 0.29) is 6.61 Å². The van der Waals surface area contributed by atoms with Crippen LogP contribution in [0.4, 0.5) is 0 Å². The van der Waals surface area contributed by atoms with Gasteiger partial charge in [0.25, 0.3) is 0 Å². The van der Waals surface area contributed by atoms with E-state index < -0.39 is 0 Å². The second-order valence-corrected chi connectivity index (χ2v) is 4.57. The summed E-state index contributed by atoms with van der Waals surface area (Å²) in [4.78, 5) is 9.59. The predicted octanol–water partition coefficient (Wildman–Crippen LogP) is 2.31. The Morgan fingerprint density at radius 1 is 1.40 bits per heavy atom. The van der Waals surface area contributed by atoms with E-state index in [1.165, 1.54) is 0 Å². The smallest absolute Gasteiger partial charge is 0.124 e. The van der Waals surface area contributed by atoms with Crippen molar-refractivity contribution in [3.8, 4) is 10.6 Å². The highest BCUT2D eigenvalue weighted by molar-refractivity contribution is 7.15. The third-order valence-electron chi connectivity index (χ3n) is 2.19. The lowest BCUT2D eigenvalue weighted by molar-refractivity contribution is 0.277. The summed E-state index contributed by atoms with van der Waals surface area (Å²) in [5.41, 5.74) is 2.81. The molecule has 0 bridgehead atoms. The summed E-state index contributed by atoms with van der Waals surface area (Å²) >= 11 is 1.60. The van der Waals surface area contributed by atoms with Crippen LogP contribution in [-0.2, 0) is 6.61 Å². The van der Waals surface area contributed by atoms with Crippen LogP contribution in [0.3, 0.4) is 0 Å². The fourth-order valence-corrected chi connectivity index (χ4v) is 2.30. The van der Waals surface area contributed by atoms with Crippen molar-refractivity contribution in [2.45, 2.75) is 20.5 Å². The molecule has 2 rings (SSSR count). The largest absolute Gasteiger partial charge is 0.390 e. The van der Waals surface area contributed by atoms with Crippen LogP contribution in [0.15, 0.2) is 18.3 Å². The van der Waals surface area contributed by atoms with Crippen LogP contribution in [0.25, 0.3) is 10.6 Å². The van der Waals surface area contributed by atoms with E-state index in [2.05, 4.69) is 9.97 Å². The first kappa shape index (κ1) is 10.3. The monoisotopic (exact) mass is 220 g/mol. The number of rotatable bonds is 2. The van der Waals surface area contributed by atoms with E-state index in [4.69, 9.17) is 5.11 Å². The predicted molar refractivity (Wildman–Crippen MR) is 60.7 cm³/mol. The molecule has 0 amide bonds. The van der Waals surface area contributed by atoms with Crippen LogP contribution in [0, 0.1) is 13.8 Å². The van der Waals surface area contributed by atoms with Crippen molar-refractivity contribution in [3.05, 3.63) is 34.6 Å². The lowest BCUT2D eigenvalue weighted by atomic mass is 10.2. The minimum atomic E-state index is 0.00635. The van der Waals surface area contributed by atoms with Gasteiger partial charge in [0, 0.05) is 22.3 Å². The number of hydrogen-bond donors (Lipinski definition) is 1. The Kier molecular flexibility index (Phi) is 2.79. The van der Waals surface area contributed by atoms with Crippen molar-refractivity contribution in [2.75, 3.05) is 0 Å². The molecule has 1 N–H and O–H groups in total. The zero-order valence-corrected chi connectivity index (χ0v) is 9.51. The van der Waals surface area contributed by atoms with Crippen molar-refractivity contribution >= 4 is 11.3 Å². The standard InChI is InChI=1S/C11H12N2OS/c1-7-5-9(3-4-12-7)11-13-10(6-14)8(2)15-11/h3-5,14H,6H2,1-2H3. The Hall–Kier alpha value is -1.26. The number of thiazole rings is 1. The van der Waals surface area contributed by atoms with Crippen molar-refractivity contribution in [1.29, 1.82) is 0 Å². The van der Waals surface area contributed by atoms with Gasteiger partial charge in [-0.05, 0) is 26.0 Å². The summed E-state index contributed by atoms with van der Waals surface area (Å²) in [6, 6.07) is 3.94. The number of nitrogens with zero attached hydrogens (tertiary/aromatic N) is 2. The normalized spacial score (nSPS) is 10.6. The molecule has 2 aromatic heterocycles. The highest BCUT2D eigenvalue weighted by Gasteiger charge is 2.08. The average molecular weight is 220 g/mol. The van der Waals surface area contributed by atoms with Crippen LogP contribution in [0.1, 0.15) is 16.3 Å². The van der Waals surface area contributed by atoms with E-state index in [1.807, 2.05) is 26.0 Å². The van der Waals surface area contributed by atoms with Crippen LogP contribution >= 0.6 is 11.3 Å². The molecule has 0 spiro atoms. The van der Waals surface area contributed by atoms with Crippen LogP contribution in [-0.4, -0.2) is 15.1 Å². The number of aliphatic hydroxyl groups is 1. The second-order valence-electron chi connectivity index (χ2n) is 3.37. The number of aliphatic hydroxyl groups excluding tert-OH is 1. The molecule has 0 atom stereocenters. The maximum atomic E-state index is 9.07.